The van der Waals surface area contributed by atoms with Crippen molar-refractivity contribution in [1.82, 2.24) is 9.97 Å². The molecule has 0 unspecified atom stereocenters. The standard InChI is InChI=1S/C9H15N2O9P/c12-5(1-4-2-10-9(16)11-8(4)15)7(14)6(13)3-20-21(17,18)19/h2,5-7,12-14H,1,3H2,(H2,17,18,19)(H2,10,11,15,16)/t5-,6+,7-/m0/s1. The summed E-state index contributed by atoms with van der Waals surface area (Å²) in [4.78, 5) is 43.1. The van der Waals surface area contributed by atoms with Crippen LogP contribution >= 0.6 is 7.82 Å². The zero-order chi connectivity index (χ0) is 16.2. The van der Waals surface area contributed by atoms with Crippen LogP contribution in [0, 0.1) is 0 Å². The third-order valence-electron chi connectivity index (χ3n) is 2.53. The molecule has 0 aliphatic heterocycles. The second kappa shape index (κ2) is 7.09. The van der Waals surface area contributed by atoms with Gasteiger partial charge in [-0.25, -0.2) is 9.36 Å². The van der Waals surface area contributed by atoms with E-state index in [0.29, 0.717) is 0 Å². The van der Waals surface area contributed by atoms with Crippen LogP contribution in [0.4, 0.5) is 0 Å². The molecule has 1 rings (SSSR count). The Balaban J connectivity index is 2.65. The van der Waals surface area contributed by atoms with E-state index in [1.807, 2.05) is 4.98 Å². The van der Waals surface area contributed by atoms with E-state index in [4.69, 9.17) is 9.79 Å². The van der Waals surface area contributed by atoms with Gasteiger partial charge in [-0.1, -0.05) is 0 Å². The molecule has 0 amide bonds. The van der Waals surface area contributed by atoms with Crippen LogP contribution in [0.2, 0.25) is 0 Å². The lowest BCUT2D eigenvalue weighted by Crippen LogP contribution is -2.42. The molecule has 3 atom stereocenters. The highest BCUT2D eigenvalue weighted by atomic mass is 31.2. The van der Waals surface area contributed by atoms with E-state index in [1.54, 1.807) is 0 Å². The number of hydrogen-bond acceptors (Lipinski definition) is 7. The quantitative estimate of drug-likeness (QED) is 0.252. The van der Waals surface area contributed by atoms with Crippen LogP contribution in [0.15, 0.2) is 15.8 Å². The lowest BCUT2D eigenvalue weighted by atomic mass is 10.0. The van der Waals surface area contributed by atoms with Crippen LogP contribution in [0.3, 0.4) is 0 Å². The third-order valence-corrected chi connectivity index (χ3v) is 3.01. The first-order valence-corrected chi connectivity index (χ1v) is 7.18. The van der Waals surface area contributed by atoms with Crippen LogP contribution in [0.5, 0.6) is 0 Å². The number of aromatic amines is 2. The van der Waals surface area contributed by atoms with Crippen molar-refractivity contribution in [2.45, 2.75) is 24.7 Å². The van der Waals surface area contributed by atoms with Crippen LogP contribution in [0.1, 0.15) is 5.56 Å². The van der Waals surface area contributed by atoms with Gasteiger partial charge in [0, 0.05) is 18.2 Å². The number of aromatic nitrogens is 2. The van der Waals surface area contributed by atoms with Crippen molar-refractivity contribution >= 4 is 7.82 Å². The number of H-pyrrole nitrogens is 2. The SMILES string of the molecule is O=c1[nH]cc(C[C@H](O)[C@H](O)[C@H](O)COP(=O)(O)O)c(=O)[nH]1. The van der Waals surface area contributed by atoms with E-state index in [2.05, 4.69) is 9.51 Å². The van der Waals surface area contributed by atoms with Gasteiger partial charge in [-0.15, -0.1) is 0 Å². The molecule has 1 aromatic rings. The minimum Gasteiger partial charge on any atom is -0.390 e. The first-order chi connectivity index (χ1) is 9.60. The highest BCUT2D eigenvalue weighted by Gasteiger charge is 2.28. The van der Waals surface area contributed by atoms with Gasteiger partial charge >= 0.3 is 13.5 Å². The molecule has 0 radical (unpaired) electrons. The number of rotatable bonds is 7. The topological polar surface area (TPSA) is 193 Å². The Kier molecular flexibility index (Phi) is 5.98. The Labute approximate surface area is 117 Å². The first-order valence-electron chi connectivity index (χ1n) is 5.65. The molecular weight excluding hydrogens is 311 g/mol. The molecule has 1 heterocycles. The fourth-order valence-electron chi connectivity index (χ4n) is 1.46. The second-order valence-corrected chi connectivity index (χ2v) is 5.45. The number of aliphatic hydroxyl groups is 3. The molecule has 0 aliphatic rings. The molecule has 0 saturated heterocycles. The predicted molar refractivity (Wildman–Crippen MR) is 67.4 cm³/mol. The van der Waals surface area contributed by atoms with E-state index in [1.165, 1.54) is 0 Å². The van der Waals surface area contributed by atoms with Gasteiger partial charge in [0.1, 0.15) is 12.2 Å². The van der Waals surface area contributed by atoms with Gasteiger partial charge in [-0.2, -0.15) is 0 Å². The number of phosphoric ester groups is 1. The second-order valence-electron chi connectivity index (χ2n) is 4.21. The maximum Gasteiger partial charge on any atom is 0.469 e. The molecule has 0 spiro atoms. The first kappa shape index (κ1) is 17.7. The van der Waals surface area contributed by atoms with Crippen LogP contribution in [-0.2, 0) is 15.5 Å². The molecule has 12 heteroatoms. The van der Waals surface area contributed by atoms with E-state index in [-0.39, 0.29) is 5.56 Å². The third kappa shape index (κ3) is 5.89. The van der Waals surface area contributed by atoms with Gasteiger partial charge < -0.3 is 30.1 Å². The van der Waals surface area contributed by atoms with Crippen LogP contribution in [-0.4, -0.2) is 60.0 Å². The molecule has 0 aliphatic carbocycles. The summed E-state index contributed by atoms with van der Waals surface area (Å²) < 4.78 is 14.4. The predicted octanol–water partition coefficient (Wildman–Crippen LogP) is -3.20. The fourth-order valence-corrected chi connectivity index (χ4v) is 1.81. The van der Waals surface area contributed by atoms with E-state index in [0.717, 1.165) is 6.20 Å². The molecule has 0 fully saturated rings. The molecule has 0 saturated carbocycles. The minimum absolute atomic E-state index is 0.0516. The summed E-state index contributed by atoms with van der Waals surface area (Å²) in [6.45, 7) is -0.912. The Hall–Kier alpha value is -1.33. The lowest BCUT2D eigenvalue weighted by Gasteiger charge is -2.22. The largest absolute Gasteiger partial charge is 0.469 e. The van der Waals surface area contributed by atoms with E-state index >= 15 is 0 Å². The minimum atomic E-state index is -4.82. The van der Waals surface area contributed by atoms with Gasteiger partial charge in [0.15, 0.2) is 0 Å². The Bertz CT molecular complexity index is 620. The highest BCUT2D eigenvalue weighted by Crippen LogP contribution is 2.35. The summed E-state index contributed by atoms with van der Waals surface area (Å²) >= 11 is 0. The van der Waals surface area contributed by atoms with Gasteiger partial charge in [0.05, 0.1) is 12.7 Å². The average molecular weight is 326 g/mol. The summed E-state index contributed by atoms with van der Waals surface area (Å²) in [6, 6.07) is 0. The Morgan fingerprint density at radius 2 is 1.81 bits per heavy atom. The number of phosphoric acid groups is 1. The molecule has 0 bridgehead atoms. The molecular formula is C9H15N2O9P. The van der Waals surface area contributed by atoms with E-state index < -0.39 is 50.4 Å². The van der Waals surface area contributed by atoms with Gasteiger partial charge in [0.25, 0.3) is 5.56 Å². The zero-order valence-electron chi connectivity index (χ0n) is 10.5. The van der Waals surface area contributed by atoms with Crippen molar-refractivity contribution in [3.05, 3.63) is 32.6 Å². The summed E-state index contributed by atoms with van der Waals surface area (Å²) in [5, 5.41) is 28.7. The monoisotopic (exact) mass is 326 g/mol. The van der Waals surface area contributed by atoms with Crippen molar-refractivity contribution in [2.75, 3.05) is 6.61 Å². The molecule has 0 aromatic carbocycles. The van der Waals surface area contributed by atoms with Crippen molar-refractivity contribution in [3.8, 4) is 0 Å². The van der Waals surface area contributed by atoms with Gasteiger partial charge in [0.2, 0.25) is 0 Å². The van der Waals surface area contributed by atoms with Crippen LogP contribution in [0.25, 0.3) is 0 Å². The molecule has 21 heavy (non-hydrogen) atoms. The number of hydrogen-bond donors (Lipinski definition) is 7. The van der Waals surface area contributed by atoms with Crippen molar-refractivity contribution < 1.29 is 34.2 Å². The maximum atomic E-state index is 11.4. The lowest BCUT2D eigenvalue weighted by molar-refractivity contribution is -0.0747. The summed E-state index contributed by atoms with van der Waals surface area (Å²) in [5.74, 6) is 0. The molecule has 120 valence electrons. The maximum absolute atomic E-state index is 11.4. The Morgan fingerprint density at radius 3 is 2.33 bits per heavy atom. The van der Waals surface area contributed by atoms with E-state index in [9.17, 15) is 29.5 Å². The fraction of sp³-hybridized carbons (Fsp3) is 0.556. The zero-order valence-corrected chi connectivity index (χ0v) is 11.4. The van der Waals surface area contributed by atoms with Crippen molar-refractivity contribution in [2.24, 2.45) is 0 Å². The Morgan fingerprint density at radius 1 is 1.19 bits per heavy atom. The summed E-state index contributed by atoms with van der Waals surface area (Å²) in [6.07, 6.45) is -4.58. The summed E-state index contributed by atoms with van der Waals surface area (Å²) in [7, 11) is -4.82. The van der Waals surface area contributed by atoms with Crippen molar-refractivity contribution in [1.29, 1.82) is 0 Å². The molecule has 7 N–H and O–H groups in total. The molecule has 1 aromatic heterocycles. The van der Waals surface area contributed by atoms with Gasteiger partial charge in [-0.05, 0) is 0 Å². The van der Waals surface area contributed by atoms with Crippen LogP contribution < -0.4 is 11.2 Å². The number of aliphatic hydroxyl groups excluding tert-OH is 3. The smallest absolute Gasteiger partial charge is 0.390 e. The van der Waals surface area contributed by atoms with Gasteiger partial charge in [-0.3, -0.25) is 14.3 Å². The average Bonchev–Trinajstić information content (AvgIpc) is 2.37. The normalized spacial score (nSPS) is 16.4. The van der Waals surface area contributed by atoms with Crippen molar-refractivity contribution in [3.63, 3.8) is 0 Å². The highest BCUT2D eigenvalue weighted by molar-refractivity contribution is 7.46. The summed E-state index contributed by atoms with van der Waals surface area (Å²) in [5.41, 5.74) is -1.57. The number of nitrogens with one attached hydrogen (secondary N) is 2. The molecule has 11 nitrogen and oxygen atoms in total.